The third kappa shape index (κ3) is 4.43. The van der Waals surface area contributed by atoms with E-state index in [0.29, 0.717) is 29.4 Å². The molecule has 0 aliphatic carbocycles. The van der Waals surface area contributed by atoms with E-state index in [0.717, 1.165) is 16.3 Å². The minimum absolute atomic E-state index is 0.0921. The quantitative estimate of drug-likeness (QED) is 0.517. The summed E-state index contributed by atoms with van der Waals surface area (Å²) in [5.74, 6) is 1.57. The summed E-state index contributed by atoms with van der Waals surface area (Å²) in [6.45, 7) is 2.58. The first-order valence-electron chi connectivity index (χ1n) is 8.72. The molecule has 0 aliphatic rings. The molecule has 3 rings (SSSR count). The summed E-state index contributed by atoms with van der Waals surface area (Å²) in [6, 6.07) is 12.5. The van der Waals surface area contributed by atoms with Crippen molar-refractivity contribution in [2.75, 3.05) is 20.8 Å². The van der Waals surface area contributed by atoms with Gasteiger partial charge in [0.05, 0.1) is 37.6 Å². The van der Waals surface area contributed by atoms with Crippen molar-refractivity contribution in [1.82, 2.24) is 4.98 Å². The Morgan fingerprint density at radius 2 is 1.86 bits per heavy atom. The normalized spacial score (nSPS) is 10.4. The molecule has 3 aromatic rings. The Bertz CT molecular complexity index is 936. The van der Waals surface area contributed by atoms with E-state index in [-0.39, 0.29) is 6.61 Å². The van der Waals surface area contributed by atoms with E-state index in [9.17, 15) is 4.79 Å². The molecule has 28 heavy (non-hydrogen) atoms. The van der Waals surface area contributed by atoms with E-state index >= 15 is 0 Å². The van der Waals surface area contributed by atoms with E-state index in [1.54, 1.807) is 38.5 Å². The zero-order chi connectivity index (χ0) is 19.9. The van der Waals surface area contributed by atoms with Crippen LogP contribution in [-0.2, 0) is 11.3 Å². The molecule has 0 unspecified atom stereocenters. The standard InChI is InChI=1S/C21H21NO5S/c1-4-26-16-10-8-14(9-11-16)21(23)27-12-15-13-28-20(22-15)17-6-5-7-18(24-2)19(17)25-3/h5-11,13H,4,12H2,1-3H3. The first-order valence-corrected chi connectivity index (χ1v) is 9.60. The van der Waals surface area contributed by atoms with Crippen molar-refractivity contribution >= 4 is 17.3 Å². The highest BCUT2D eigenvalue weighted by Crippen LogP contribution is 2.39. The number of hydrogen-bond acceptors (Lipinski definition) is 7. The summed E-state index contributed by atoms with van der Waals surface area (Å²) >= 11 is 1.45. The van der Waals surface area contributed by atoms with Gasteiger partial charge in [0.25, 0.3) is 0 Å². The fraction of sp³-hybridized carbons (Fsp3) is 0.238. The Kier molecular flexibility index (Phi) is 6.49. The molecule has 6 nitrogen and oxygen atoms in total. The van der Waals surface area contributed by atoms with E-state index < -0.39 is 5.97 Å². The number of esters is 1. The molecule has 0 saturated carbocycles. The summed E-state index contributed by atoms with van der Waals surface area (Å²) in [4.78, 5) is 16.8. The first-order chi connectivity index (χ1) is 13.7. The van der Waals surface area contributed by atoms with Crippen LogP contribution < -0.4 is 14.2 Å². The SMILES string of the molecule is CCOc1ccc(C(=O)OCc2csc(-c3cccc(OC)c3OC)n2)cc1. The largest absolute Gasteiger partial charge is 0.494 e. The maximum atomic E-state index is 12.2. The predicted octanol–water partition coefficient (Wildman–Crippen LogP) is 4.58. The van der Waals surface area contributed by atoms with Gasteiger partial charge in [0, 0.05) is 5.38 Å². The maximum Gasteiger partial charge on any atom is 0.338 e. The van der Waals surface area contributed by atoms with Crippen molar-refractivity contribution in [2.45, 2.75) is 13.5 Å². The second kappa shape index (κ2) is 9.23. The number of aromatic nitrogens is 1. The lowest BCUT2D eigenvalue weighted by molar-refractivity contribution is 0.0468. The predicted molar refractivity (Wildman–Crippen MR) is 107 cm³/mol. The van der Waals surface area contributed by atoms with Gasteiger partial charge in [-0.3, -0.25) is 0 Å². The minimum atomic E-state index is -0.406. The van der Waals surface area contributed by atoms with Crippen LogP contribution in [0.15, 0.2) is 47.8 Å². The fourth-order valence-corrected chi connectivity index (χ4v) is 3.46. The number of rotatable bonds is 8. The highest BCUT2D eigenvalue weighted by molar-refractivity contribution is 7.13. The number of carbonyl (C=O) groups is 1. The van der Waals surface area contributed by atoms with E-state index in [1.165, 1.54) is 11.3 Å². The number of nitrogens with zero attached hydrogens (tertiary/aromatic N) is 1. The smallest absolute Gasteiger partial charge is 0.338 e. The van der Waals surface area contributed by atoms with Gasteiger partial charge in [0.2, 0.25) is 0 Å². The molecule has 2 aromatic carbocycles. The van der Waals surface area contributed by atoms with Gasteiger partial charge in [-0.15, -0.1) is 11.3 Å². The maximum absolute atomic E-state index is 12.2. The first kappa shape index (κ1) is 19.7. The van der Waals surface area contributed by atoms with Gasteiger partial charge in [-0.1, -0.05) is 6.07 Å². The molecule has 1 heterocycles. The van der Waals surface area contributed by atoms with Gasteiger partial charge in [-0.05, 0) is 43.3 Å². The molecule has 0 radical (unpaired) electrons. The third-order valence-electron chi connectivity index (χ3n) is 3.94. The van der Waals surface area contributed by atoms with Crippen LogP contribution in [-0.4, -0.2) is 31.8 Å². The van der Waals surface area contributed by atoms with Crippen LogP contribution in [0, 0.1) is 0 Å². The lowest BCUT2D eigenvalue weighted by Crippen LogP contribution is -2.05. The average molecular weight is 399 g/mol. The molecule has 1 aromatic heterocycles. The van der Waals surface area contributed by atoms with Crippen molar-refractivity contribution in [3.8, 4) is 27.8 Å². The van der Waals surface area contributed by atoms with Crippen LogP contribution in [0.2, 0.25) is 0 Å². The van der Waals surface area contributed by atoms with Crippen LogP contribution >= 0.6 is 11.3 Å². The lowest BCUT2D eigenvalue weighted by atomic mass is 10.2. The zero-order valence-electron chi connectivity index (χ0n) is 15.9. The molecule has 0 saturated heterocycles. The van der Waals surface area contributed by atoms with Gasteiger partial charge in [-0.2, -0.15) is 0 Å². The molecule has 0 amide bonds. The van der Waals surface area contributed by atoms with Crippen LogP contribution in [0.3, 0.4) is 0 Å². The number of benzene rings is 2. The zero-order valence-corrected chi connectivity index (χ0v) is 16.7. The van der Waals surface area contributed by atoms with E-state index in [2.05, 4.69) is 4.98 Å². The molecule has 7 heteroatoms. The molecular formula is C21H21NO5S. The van der Waals surface area contributed by atoms with E-state index in [4.69, 9.17) is 18.9 Å². The van der Waals surface area contributed by atoms with Gasteiger partial charge < -0.3 is 18.9 Å². The van der Waals surface area contributed by atoms with Gasteiger partial charge in [0.1, 0.15) is 17.4 Å². The number of para-hydroxylation sites is 1. The monoisotopic (exact) mass is 399 g/mol. The summed E-state index contributed by atoms with van der Waals surface area (Å²) in [5.41, 5.74) is 1.97. The van der Waals surface area contributed by atoms with Crippen molar-refractivity contribution in [2.24, 2.45) is 0 Å². The van der Waals surface area contributed by atoms with Crippen molar-refractivity contribution in [1.29, 1.82) is 0 Å². The summed E-state index contributed by atoms with van der Waals surface area (Å²) in [7, 11) is 3.18. The molecule has 0 atom stereocenters. The highest BCUT2D eigenvalue weighted by atomic mass is 32.1. The molecule has 146 valence electrons. The average Bonchev–Trinajstić information content (AvgIpc) is 3.21. The Morgan fingerprint density at radius 1 is 1.07 bits per heavy atom. The second-order valence-corrected chi connectivity index (χ2v) is 6.58. The summed E-state index contributed by atoms with van der Waals surface area (Å²) in [5, 5.41) is 2.63. The van der Waals surface area contributed by atoms with Crippen molar-refractivity contribution in [3.05, 3.63) is 59.1 Å². The lowest BCUT2D eigenvalue weighted by Gasteiger charge is -2.10. The summed E-state index contributed by atoms with van der Waals surface area (Å²) < 4.78 is 21.5. The molecule has 0 N–H and O–H groups in total. The minimum Gasteiger partial charge on any atom is -0.494 e. The van der Waals surface area contributed by atoms with Crippen LogP contribution in [0.5, 0.6) is 17.2 Å². The fourth-order valence-electron chi connectivity index (χ4n) is 2.63. The third-order valence-corrected chi connectivity index (χ3v) is 4.86. The van der Waals surface area contributed by atoms with Crippen LogP contribution in [0.25, 0.3) is 10.6 Å². The topological polar surface area (TPSA) is 66.9 Å². The molecule has 0 bridgehead atoms. The van der Waals surface area contributed by atoms with Gasteiger partial charge in [0.15, 0.2) is 11.5 Å². The Hall–Kier alpha value is -3.06. The highest BCUT2D eigenvalue weighted by Gasteiger charge is 2.15. The van der Waals surface area contributed by atoms with Gasteiger partial charge in [-0.25, -0.2) is 9.78 Å². The number of methoxy groups -OCH3 is 2. The molecule has 0 aliphatic heterocycles. The number of thiazole rings is 1. The van der Waals surface area contributed by atoms with Crippen molar-refractivity contribution < 1.29 is 23.7 Å². The second-order valence-electron chi connectivity index (χ2n) is 5.72. The van der Waals surface area contributed by atoms with Crippen molar-refractivity contribution in [3.63, 3.8) is 0 Å². The number of hydrogen-bond donors (Lipinski definition) is 0. The van der Waals surface area contributed by atoms with Crippen LogP contribution in [0.4, 0.5) is 0 Å². The number of ether oxygens (including phenoxy) is 4. The Labute approximate surface area is 167 Å². The molecule has 0 spiro atoms. The molecular weight excluding hydrogens is 378 g/mol. The summed E-state index contributed by atoms with van der Waals surface area (Å²) in [6.07, 6.45) is 0. The molecule has 0 fully saturated rings. The Morgan fingerprint density at radius 3 is 2.54 bits per heavy atom. The van der Waals surface area contributed by atoms with Crippen LogP contribution in [0.1, 0.15) is 23.0 Å². The van der Waals surface area contributed by atoms with E-state index in [1.807, 2.05) is 30.5 Å². The Balaban J connectivity index is 1.67. The van der Waals surface area contributed by atoms with Gasteiger partial charge >= 0.3 is 5.97 Å². The number of carbonyl (C=O) groups excluding carboxylic acids is 1.